The molecule has 1 N–H and O–H groups in total. The summed E-state index contributed by atoms with van der Waals surface area (Å²) >= 11 is 0. The summed E-state index contributed by atoms with van der Waals surface area (Å²) in [5.74, 6) is 0.680. The van der Waals surface area contributed by atoms with E-state index in [0.29, 0.717) is 5.56 Å². The maximum Gasteiger partial charge on any atom is 0.255 e. The zero-order valence-corrected chi connectivity index (χ0v) is 14.3. The highest BCUT2D eigenvalue weighted by Gasteiger charge is 2.24. The predicted octanol–water partition coefficient (Wildman–Crippen LogP) is 1.79. The normalized spacial score (nSPS) is 17.8. The van der Waals surface area contributed by atoms with Crippen molar-refractivity contribution in [1.82, 2.24) is 25.1 Å². The van der Waals surface area contributed by atoms with E-state index in [2.05, 4.69) is 32.2 Å². The Morgan fingerprint density at radius 3 is 2.92 bits per heavy atom. The Bertz CT molecular complexity index is 684. The van der Waals surface area contributed by atoms with Gasteiger partial charge in [0, 0.05) is 43.8 Å². The Morgan fingerprint density at radius 2 is 2.17 bits per heavy atom. The molecule has 1 unspecified atom stereocenters. The van der Waals surface area contributed by atoms with Gasteiger partial charge in [-0.2, -0.15) is 5.10 Å². The number of carbonyl (C=O) groups is 1. The SMILES string of the molecule is CCCn1ncc(C(=O)NC2CCCN(c3ncccn3)C2)c1C. The fourth-order valence-corrected chi connectivity index (χ4v) is 3.10. The van der Waals surface area contributed by atoms with Crippen molar-refractivity contribution in [2.24, 2.45) is 0 Å². The molecule has 0 aliphatic carbocycles. The van der Waals surface area contributed by atoms with Crippen LogP contribution in [0.15, 0.2) is 24.7 Å². The van der Waals surface area contributed by atoms with Gasteiger partial charge in [0.25, 0.3) is 5.91 Å². The van der Waals surface area contributed by atoms with Crippen LogP contribution in [0.2, 0.25) is 0 Å². The molecule has 0 spiro atoms. The highest BCUT2D eigenvalue weighted by atomic mass is 16.1. The van der Waals surface area contributed by atoms with Gasteiger partial charge in [0.2, 0.25) is 5.95 Å². The molecule has 1 atom stereocenters. The number of nitrogens with zero attached hydrogens (tertiary/aromatic N) is 5. The average molecular weight is 328 g/mol. The van der Waals surface area contributed by atoms with Gasteiger partial charge in [-0.15, -0.1) is 0 Å². The highest BCUT2D eigenvalue weighted by molar-refractivity contribution is 5.95. The topological polar surface area (TPSA) is 75.9 Å². The third kappa shape index (κ3) is 3.55. The van der Waals surface area contributed by atoms with Crippen LogP contribution in [0.1, 0.15) is 42.2 Å². The average Bonchev–Trinajstić information content (AvgIpc) is 2.97. The second-order valence-corrected chi connectivity index (χ2v) is 6.17. The number of hydrogen-bond acceptors (Lipinski definition) is 5. The Hall–Kier alpha value is -2.44. The first kappa shape index (κ1) is 16.4. The molecule has 7 nitrogen and oxygen atoms in total. The molecule has 2 aromatic rings. The zero-order chi connectivity index (χ0) is 16.9. The van der Waals surface area contributed by atoms with E-state index in [1.54, 1.807) is 18.6 Å². The summed E-state index contributed by atoms with van der Waals surface area (Å²) in [6.07, 6.45) is 8.14. The molecule has 1 amide bonds. The number of anilines is 1. The van der Waals surface area contributed by atoms with E-state index in [1.807, 2.05) is 17.7 Å². The molecule has 1 aliphatic rings. The maximum atomic E-state index is 12.6. The maximum absolute atomic E-state index is 12.6. The summed E-state index contributed by atoms with van der Waals surface area (Å²) in [6, 6.07) is 1.91. The molecule has 1 fully saturated rings. The Morgan fingerprint density at radius 1 is 1.38 bits per heavy atom. The van der Waals surface area contributed by atoms with E-state index >= 15 is 0 Å². The minimum atomic E-state index is -0.0457. The van der Waals surface area contributed by atoms with Crippen molar-refractivity contribution in [3.8, 4) is 0 Å². The molecule has 0 bridgehead atoms. The van der Waals surface area contributed by atoms with Crippen LogP contribution in [0.25, 0.3) is 0 Å². The van der Waals surface area contributed by atoms with Gasteiger partial charge in [-0.25, -0.2) is 9.97 Å². The van der Waals surface area contributed by atoms with Crippen LogP contribution in [0.5, 0.6) is 0 Å². The summed E-state index contributed by atoms with van der Waals surface area (Å²) in [4.78, 5) is 23.3. The third-order valence-corrected chi connectivity index (χ3v) is 4.37. The van der Waals surface area contributed by atoms with Crippen molar-refractivity contribution in [2.45, 2.75) is 45.7 Å². The number of rotatable bonds is 5. The fraction of sp³-hybridized carbons (Fsp3) is 0.529. The summed E-state index contributed by atoms with van der Waals surface area (Å²) in [5.41, 5.74) is 1.59. The van der Waals surface area contributed by atoms with E-state index in [9.17, 15) is 4.79 Å². The van der Waals surface area contributed by atoms with Crippen LogP contribution in [-0.4, -0.2) is 44.8 Å². The molecule has 2 aromatic heterocycles. The second kappa shape index (κ2) is 7.42. The Balaban J connectivity index is 1.64. The lowest BCUT2D eigenvalue weighted by Gasteiger charge is -2.33. The van der Waals surface area contributed by atoms with Crippen LogP contribution < -0.4 is 10.2 Å². The third-order valence-electron chi connectivity index (χ3n) is 4.37. The number of amides is 1. The van der Waals surface area contributed by atoms with Crippen molar-refractivity contribution in [1.29, 1.82) is 0 Å². The number of nitrogens with one attached hydrogen (secondary N) is 1. The summed E-state index contributed by atoms with van der Waals surface area (Å²) in [6.45, 7) is 6.54. The number of hydrogen-bond donors (Lipinski definition) is 1. The van der Waals surface area contributed by atoms with E-state index in [1.165, 1.54) is 0 Å². The van der Waals surface area contributed by atoms with Crippen molar-refractivity contribution < 1.29 is 4.79 Å². The molecular formula is C17H24N6O. The summed E-state index contributed by atoms with van der Waals surface area (Å²) < 4.78 is 1.89. The smallest absolute Gasteiger partial charge is 0.255 e. The van der Waals surface area contributed by atoms with Crippen molar-refractivity contribution in [2.75, 3.05) is 18.0 Å². The lowest BCUT2D eigenvalue weighted by Crippen LogP contribution is -2.48. The van der Waals surface area contributed by atoms with Gasteiger partial charge in [0.1, 0.15) is 0 Å². The molecular weight excluding hydrogens is 304 g/mol. The van der Waals surface area contributed by atoms with Gasteiger partial charge in [0.15, 0.2) is 0 Å². The molecule has 1 aliphatic heterocycles. The lowest BCUT2D eigenvalue weighted by molar-refractivity contribution is 0.0932. The van der Waals surface area contributed by atoms with Gasteiger partial charge in [-0.3, -0.25) is 9.48 Å². The largest absolute Gasteiger partial charge is 0.347 e. The first-order valence-corrected chi connectivity index (χ1v) is 8.54. The van der Waals surface area contributed by atoms with Crippen LogP contribution in [0.4, 0.5) is 5.95 Å². The van der Waals surface area contributed by atoms with Crippen LogP contribution in [0, 0.1) is 6.92 Å². The Kier molecular flexibility index (Phi) is 5.08. The quantitative estimate of drug-likeness (QED) is 0.905. The van der Waals surface area contributed by atoms with Crippen molar-refractivity contribution >= 4 is 11.9 Å². The van der Waals surface area contributed by atoms with E-state index < -0.39 is 0 Å². The van der Waals surface area contributed by atoms with Crippen LogP contribution >= 0.6 is 0 Å². The molecule has 3 rings (SSSR count). The summed E-state index contributed by atoms with van der Waals surface area (Å²) in [5, 5.41) is 7.45. The van der Waals surface area contributed by atoms with Gasteiger partial charge < -0.3 is 10.2 Å². The fourth-order valence-electron chi connectivity index (χ4n) is 3.10. The number of carbonyl (C=O) groups excluding carboxylic acids is 1. The van der Waals surface area contributed by atoms with Crippen LogP contribution in [0.3, 0.4) is 0 Å². The second-order valence-electron chi connectivity index (χ2n) is 6.17. The zero-order valence-electron chi connectivity index (χ0n) is 14.3. The predicted molar refractivity (Wildman–Crippen MR) is 92.0 cm³/mol. The molecule has 3 heterocycles. The van der Waals surface area contributed by atoms with Gasteiger partial charge in [-0.05, 0) is 32.3 Å². The van der Waals surface area contributed by atoms with E-state index in [0.717, 1.165) is 50.5 Å². The number of piperidine rings is 1. The van der Waals surface area contributed by atoms with Gasteiger partial charge in [-0.1, -0.05) is 6.92 Å². The molecule has 128 valence electrons. The first-order valence-electron chi connectivity index (χ1n) is 8.54. The van der Waals surface area contributed by atoms with Crippen molar-refractivity contribution in [3.05, 3.63) is 35.9 Å². The number of aryl methyl sites for hydroxylation is 1. The highest BCUT2D eigenvalue weighted by Crippen LogP contribution is 2.16. The molecule has 1 saturated heterocycles. The van der Waals surface area contributed by atoms with Gasteiger partial charge in [0.05, 0.1) is 11.8 Å². The van der Waals surface area contributed by atoms with E-state index in [4.69, 9.17) is 0 Å². The molecule has 0 aromatic carbocycles. The molecule has 0 saturated carbocycles. The monoisotopic (exact) mass is 328 g/mol. The minimum absolute atomic E-state index is 0.0457. The minimum Gasteiger partial charge on any atom is -0.347 e. The van der Waals surface area contributed by atoms with Crippen molar-refractivity contribution in [3.63, 3.8) is 0 Å². The molecule has 0 radical (unpaired) electrons. The molecule has 24 heavy (non-hydrogen) atoms. The lowest BCUT2D eigenvalue weighted by atomic mass is 10.1. The molecule has 7 heteroatoms. The standard InChI is InChI=1S/C17H24N6O/c1-3-9-23-13(2)15(11-20-23)16(24)21-14-6-4-10-22(12-14)17-18-7-5-8-19-17/h5,7-8,11,14H,3-4,6,9-10,12H2,1-2H3,(H,21,24). The summed E-state index contributed by atoms with van der Waals surface area (Å²) in [7, 11) is 0. The Labute approximate surface area is 142 Å². The van der Waals surface area contributed by atoms with E-state index in [-0.39, 0.29) is 11.9 Å². The van der Waals surface area contributed by atoms with Gasteiger partial charge >= 0.3 is 0 Å². The first-order chi connectivity index (χ1) is 11.7. The van der Waals surface area contributed by atoms with Crippen LogP contribution in [-0.2, 0) is 6.54 Å². The number of aromatic nitrogens is 4.